The zero-order valence-corrected chi connectivity index (χ0v) is 20.6. The Morgan fingerprint density at radius 1 is 0.879 bits per heavy atom. The second-order valence-electron chi connectivity index (χ2n) is 10.6. The van der Waals surface area contributed by atoms with Gasteiger partial charge in [0.05, 0.1) is 13.2 Å². The molecule has 2 aliphatic carbocycles. The van der Waals surface area contributed by atoms with Crippen molar-refractivity contribution in [3.8, 4) is 11.5 Å². The molecule has 4 rings (SSSR count). The van der Waals surface area contributed by atoms with E-state index in [1.54, 1.807) is 6.07 Å². The van der Waals surface area contributed by atoms with E-state index in [-0.39, 0.29) is 11.5 Å². The summed E-state index contributed by atoms with van der Waals surface area (Å²) in [6.07, 6.45) is 14.4. The molecule has 1 heterocycles. The van der Waals surface area contributed by atoms with Crippen LogP contribution < -0.4 is 9.47 Å². The minimum atomic E-state index is -0.947. The van der Waals surface area contributed by atoms with Gasteiger partial charge in [0, 0.05) is 12.0 Å². The van der Waals surface area contributed by atoms with Crippen molar-refractivity contribution in [2.24, 2.45) is 23.7 Å². The topological polar surface area (TPSA) is 27.7 Å². The zero-order valence-electron chi connectivity index (χ0n) is 20.6. The second-order valence-corrected chi connectivity index (χ2v) is 10.6. The number of benzene rings is 1. The summed E-state index contributed by atoms with van der Waals surface area (Å²) in [6.45, 7) is 5.44. The van der Waals surface area contributed by atoms with Gasteiger partial charge in [-0.25, -0.2) is 0 Å². The van der Waals surface area contributed by atoms with E-state index < -0.39 is 17.9 Å². The Labute approximate surface area is 198 Å². The third-order valence-electron chi connectivity index (χ3n) is 8.41. The van der Waals surface area contributed by atoms with Gasteiger partial charge in [0.2, 0.25) is 11.6 Å². The molecule has 0 aromatic heterocycles. The van der Waals surface area contributed by atoms with E-state index in [2.05, 4.69) is 13.8 Å². The van der Waals surface area contributed by atoms with Gasteiger partial charge in [-0.3, -0.25) is 0 Å². The third kappa shape index (κ3) is 6.21. The predicted molar refractivity (Wildman–Crippen MR) is 127 cm³/mol. The standard InChI is InChI=1S/C28H42F2O3/c1-3-5-16-31-25-15-14-23-17-24(26(29)27(30)28(23)33-25)32-18-20-8-12-22(13-9-20)21-10-6-19(4-2)7-11-21/h17,19-22,25H,3-16,18H2,1-2H3/t19-,20-,21-,22-,25?. The summed E-state index contributed by atoms with van der Waals surface area (Å²) in [5.74, 6) is 1.26. The summed E-state index contributed by atoms with van der Waals surface area (Å²) < 4.78 is 46.6. The number of fused-ring (bicyclic) bond motifs is 1. The van der Waals surface area contributed by atoms with Crippen molar-refractivity contribution in [2.75, 3.05) is 13.2 Å². The Bertz CT molecular complexity index is 752. The first-order valence-corrected chi connectivity index (χ1v) is 13.5. The van der Waals surface area contributed by atoms with Crippen molar-refractivity contribution >= 4 is 0 Å². The van der Waals surface area contributed by atoms with Gasteiger partial charge in [0.15, 0.2) is 17.8 Å². The van der Waals surface area contributed by atoms with E-state index >= 15 is 0 Å². The minimum Gasteiger partial charge on any atom is -0.490 e. The Balaban J connectivity index is 1.26. The van der Waals surface area contributed by atoms with Gasteiger partial charge >= 0.3 is 0 Å². The Kier molecular flexibility index (Phi) is 8.90. The molecule has 0 N–H and O–H groups in total. The lowest BCUT2D eigenvalue weighted by molar-refractivity contribution is -0.0935. The lowest BCUT2D eigenvalue weighted by Crippen LogP contribution is -2.28. The molecule has 0 bridgehead atoms. The molecule has 186 valence electrons. The second kappa shape index (κ2) is 11.9. The first kappa shape index (κ1) is 24.8. The van der Waals surface area contributed by atoms with Crippen molar-refractivity contribution in [1.82, 2.24) is 0 Å². The van der Waals surface area contributed by atoms with E-state index in [4.69, 9.17) is 14.2 Å². The van der Waals surface area contributed by atoms with Gasteiger partial charge in [0.25, 0.3) is 0 Å². The highest BCUT2D eigenvalue weighted by Gasteiger charge is 2.32. The van der Waals surface area contributed by atoms with Gasteiger partial charge in [0.1, 0.15) is 0 Å². The van der Waals surface area contributed by atoms with E-state index in [1.807, 2.05) is 0 Å². The van der Waals surface area contributed by atoms with Crippen LogP contribution in [0.15, 0.2) is 6.07 Å². The highest BCUT2D eigenvalue weighted by atomic mass is 19.2. The first-order chi connectivity index (χ1) is 16.1. The van der Waals surface area contributed by atoms with E-state index in [9.17, 15) is 8.78 Å². The smallest absolute Gasteiger partial charge is 0.204 e. The van der Waals surface area contributed by atoms with Crippen molar-refractivity contribution in [2.45, 2.75) is 104 Å². The van der Waals surface area contributed by atoms with Crippen molar-refractivity contribution in [3.05, 3.63) is 23.3 Å². The van der Waals surface area contributed by atoms with Crippen LogP contribution in [-0.4, -0.2) is 19.5 Å². The van der Waals surface area contributed by atoms with Gasteiger partial charge in [-0.05, 0) is 81.1 Å². The van der Waals surface area contributed by atoms with Crippen LogP contribution in [0.1, 0.15) is 96.5 Å². The lowest BCUT2D eigenvalue weighted by atomic mass is 9.69. The van der Waals surface area contributed by atoms with Crippen LogP contribution in [0.4, 0.5) is 8.78 Å². The Morgan fingerprint density at radius 3 is 2.18 bits per heavy atom. The number of hydrogen-bond donors (Lipinski definition) is 0. The normalized spacial score (nSPS) is 29.9. The van der Waals surface area contributed by atoms with Crippen LogP contribution in [0.25, 0.3) is 0 Å². The van der Waals surface area contributed by atoms with Crippen molar-refractivity contribution < 1.29 is 23.0 Å². The molecule has 0 amide bonds. The monoisotopic (exact) mass is 464 g/mol. The molecule has 0 spiro atoms. The van der Waals surface area contributed by atoms with Gasteiger partial charge in [-0.1, -0.05) is 39.5 Å². The molecule has 1 atom stereocenters. The number of ether oxygens (including phenoxy) is 3. The first-order valence-electron chi connectivity index (χ1n) is 13.5. The SMILES string of the molecule is CCCCOC1CCc2cc(OC[C@H]3CC[C@H]([C@H]4CC[C@H](CC)CC4)CC3)c(F)c(F)c2O1. The Morgan fingerprint density at radius 2 is 1.55 bits per heavy atom. The van der Waals surface area contributed by atoms with E-state index in [1.165, 1.54) is 44.9 Å². The van der Waals surface area contributed by atoms with Crippen LogP contribution >= 0.6 is 0 Å². The molecular weight excluding hydrogens is 422 g/mol. The molecule has 0 saturated heterocycles. The van der Waals surface area contributed by atoms with Crippen LogP contribution in [0.5, 0.6) is 11.5 Å². The average molecular weight is 465 g/mol. The highest BCUT2D eigenvalue weighted by Crippen LogP contribution is 2.42. The van der Waals surface area contributed by atoms with Gasteiger partial charge < -0.3 is 14.2 Å². The fourth-order valence-electron chi connectivity index (χ4n) is 6.10. The summed E-state index contributed by atoms with van der Waals surface area (Å²) in [4.78, 5) is 0. The molecular formula is C28H42F2O3. The summed E-state index contributed by atoms with van der Waals surface area (Å²) in [6, 6.07) is 1.63. The van der Waals surface area contributed by atoms with Crippen LogP contribution in [0.3, 0.4) is 0 Å². The molecule has 5 heteroatoms. The number of halogens is 2. The number of aryl methyl sites for hydroxylation is 1. The highest BCUT2D eigenvalue weighted by molar-refractivity contribution is 5.44. The largest absolute Gasteiger partial charge is 0.490 e. The maximum absolute atomic E-state index is 14.7. The molecule has 1 aliphatic heterocycles. The summed E-state index contributed by atoms with van der Waals surface area (Å²) in [7, 11) is 0. The predicted octanol–water partition coefficient (Wildman–Crippen LogP) is 7.83. The van der Waals surface area contributed by atoms with E-state index in [0.29, 0.717) is 37.5 Å². The molecule has 2 fully saturated rings. The number of hydrogen-bond acceptors (Lipinski definition) is 3. The maximum atomic E-state index is 14.7. The van der Waals surface area contributed by atoms with Crippen molar-refractivity contribution in [3.63, 3.8) is 0 Å². The average Bonchev–Trinajstić information content (AvgIpc) is 2.86. The lowest BCUT2D eigenvalue weighted by Gasteiger charge is -2.37. The molecule has 1 aromatic rings. The zero-order chi connectivity index (χ0) is 23.2. The van der Waals surface area contributed by atoms with Gasteiger partial charge in [-0.2, -0.15) is 8.78 Å². The number of unbranched alkanes of at least 4 members (excludes halogenated alkanes) is 1. The Hall–Kier alpha value is -1.36. The molecule has 0 radical (unpaired) electrons. The summed E-state index contributed by atoms with van der Waals surface area (Å²) in [5, 5.41) is 0. The number of rotatable bonds is 9. The fraction of sp³-hybridized carbons (Fsp3) is 0.786. The summed E-state index contributed by atoms with van der Waals surface area (Å²) >= 11 is 0. The van der Waals surface area contributed by atoms with E-state index in [0.717, 1.165) is 43.4 Å². The molecule has 3 nitrogen and oxygen atoms in total. The molecule has 2 saturated carbocycles. The van der Waals surface area contributed by atoms with Crippen LogP contribution in [-0.2, 0) is 11.2 Å². The quantitative estimate of drug-likeness (QED) is 0.349. The van der Waals surface area contributed by atoms with Crippen LogP contribution in [0.2, 0.25) is 0 Å². The third-order valence-corrected chi connectivity index (χ3v) is 8.41. The van der Waals surface area contributed by atoms with Gasteiger partial charge in [-0.15, -0.1) is 0 Å². The molecule has 33 heavy (non-hydrogen) atoms. The minimum absolute atomic E-state index is 0.00843. The molecule has 1 unspecified atom stereocenters. The van der Waals surface area contributed by atoms with Crippen LogP contribution in [0, 0.1) is 35.3 Å². The van der Waals surface area contributed by atoms with Crippen molar-refractivity contribution in [1.29, 1.82) is 0 Å². The fourth-order valence-corrected chi connectivity index (χ4v) is 6.10. The summed E-state index contributed by atoms with van der Waals surface area (Å²) in [5.41, 5.74) is 0.672. The molecule has 1 aromatic carbocycles. The molecule has 3 aliphatic rings. The maximum Gasteiger partial charge on any atom is 0.204 e.